The lowest BCUT2D eigenvalue weighted by atomic mass is 9.90. The molecule has 0 radical (unpaired) electrons. The fraction of sp³-hybridized carbons (Fsp3) is 0.310. The normalized spacial score (nSPS) is 18.5. The maximum Gasteiger partial charge on any atom is 0.253 e. The largest absolute Gasteiger partial charge is 0.384 e. The molecule has 0 spiro atoms. The van der Waals surface area contributed by atoms with Crippen molar-refractivity contribution in [3.63, 3.8) is 0 Å². The SMILES string of the molecule is COCC1(c2ccc(-c3ccc(C(=O)N4CC[C@H](N)C4)cc3-c3ccc(C#N)cc3)cc2)CC1. The van der Waals surface area contributed by atoms with E-state index in [0.29, 0.717) is 24.2 Å². The Morgan fingerprint density at radius 2 is 1.74 bits per heavy atom. The highest BCUT2D eigenvalue weighted by Crippen LogP contribution is 2.48. The summed E-state index contributed by atoms with van der Waals surface area (Å²) in [6, 6.07) is 24.4. The zero-order chi connectivity index (χ0) is 23.7. The predicted octanol–water partition coefficient (Wildman–Crippen LogP) is 4.74. The molecule has 34 heavy (non-hydrogen) atoms. The zero-order valence-corrected chi connectivity index (χ0v) is 19.5. The van der Waals surface area contributed by atoms with E-state index in [9.17, 15) is 10.1 Å². The fourth-order valence-electron chi connectivity index (χ4n) is 4.99. The summed E-state index contributed by atoms with van der Waals surface area (Å²) in [5, 5.41) is 9.21. The van der Waals surface area contributed by atoms with Crippen molar-refractivity contribution in [1.82, 2.24) is 4.90 Å². The van der Waals surface area contributed by atoms with E-state index in [1.807, 2.05) is 47.4 Å². The monoisotopic (exact) mass is 451 g/mol. The molecule has 1 aliphatic carbocycles. The number of methoxy groups -OCH3 is 1. The first-order chi connectivity index (χ1) is 16.5. The molecule has 5 rings (SSSR count). The standard InChI is InChI=1S/C29H29N3O2/c1-34-19-29(13-14-29)24-9-6-21(7-10-24)26-11-8-23(28(33)32-15-12-25(31)18-32)16-27(26)22-4-2-20(17-30)3-5-22/h2-11,16,25H,12-15,18-19,31H2,1H3/t25-/m0/s1. The fourth-order valence-corrected chi connectivity index (χ4v) is 4.99. The quantitative estimate of drug-likeness (QED) is 0.587. The van der Waals surface area contributed by atoms with E-state index >= 15 is 0 Å². The van der Waals surface area contributed by atoms with Crippen LogP contribution in [0.15, 0.2) is 66.7 Å². The third-order valence-corrected chi connectivity index (χ3v) is 7.19. The maximum absolute atomic E-state index is 13.2. The van der Waals surface area contributed by atoms with Gasteiger partial charge in [0.2, 0.25) is 0 Å². The van der Waals surface area contributed by atoms with Crippen LogP contribution >= 0.6 is 0 Å². The van der Waals surface area contributed by atoms with E-state index in [-0.39, 0.29) is 17.4 Å². The molecule has 1 saturated carbocycles. The number of carbonyl (C=O) groups is 1. The molecule has 0 bridgehead atoms. The van der Waals surface area contributed by atoms with E-state index in [1.165, 1.54) is 5.56 Å². The lowest BCUT2D eigenvalue weighted by molar-refractivity contribution is 0.0791. The summed E-state index contributed by atoms with van der Waals surface area (Å²) in [6.07, 6.45) is 3.16. The highest BCUT2D eigenvalue weighted by atomic mass is 16.5. The van der Waals surface area contributed by atoms with Crippen LogP contribution in [0.4, 0.5) is 0 Å². The maximum atomic E-state index is 13.2. The van der Waals surface area contributed by atoms with Gasteiger partial charge in [0.15, 0.2) is 0 Å². The van der Waals surface area contributed by atoms with E-state index in [0.717, 1.165) is 48.1 Å². The van der Waals surface area contributed by atoms with Gasteiger partial charge in [0.25, 0.3) is 5.91 Å². The topological polar surface area (TPSA) is 79.3 Å². The number of nitrogens with zero attached hydrogens (tertiary/aromatic N) is 2. The second-order valence-corrected chi connectivity index (χ2v) is 9.54. The summed E-state index contributed by atoms with van der Waals surface area (Å²) in [5.41, 5.74) is 12.9. The molecule has 1 heterocycles. The van der Waals surface area contributed by atoms with Gasteiger partial charge in [0, 0.05) is 37.2 Å². The Labute approximate surface area is 200 Å². The van der Waals surface area contributed by atoms with Crippen LogP contribution in [0.1, 0.15) is 40.7 Å². The Balaban J connectivity index is 1.53. The van der Waals surface area contributed by atoms with Gasteiger partial charge < -0.3 is 15.4 Å². The van der Waals surface area contributed by atoms with Gasteiger partial charge in [-0.2, -0.15) is 5.26 Å². The minimum absolute atomic E-state index is 0.0139. The number of hydrogen-bond donors (Lipinski definition) is 1. The van der Waals surface area contributed by atoms with Gasteiger partial charge in [-0.3, -0.25) is 4.79 Å². The molecule has 1 aliphatic heterocycles. The molecule has 1 atom stereocenters. The molecule has 5 heteroatoms. The summed E-state index contributed by atoms with van der Waals surface area (Å²) >= 11 is 0. The highest BCUT2D eigenvalue weighted by Gasteiger charge is 2.44. The molecule has 5 nitrogen and oxygen atoms in total. The first-order valence-electron chi connectivity index (χ1n) is 11.8. The Bertz CT molecular complexity index is 1240. The number of hydrogen-bond acceptors (Lipinski definition) is 4. The van der Waals surface area contributed by atoms with Gasteiger partial charge in [-0.15, -0.1) is 0 Å². The molecule has 2 aliphatic rings. The number of nitriles is 1. The van der Waals surface area contributed by atoms with Crippen LogP contribution in [0.5, 0.6) is 0 Å². The second kappa shape index (κ2) is 9.06. The van der Waals surface area contributed by atoms with Crippen LogP contribution in [0.2, 0.25) is 0 Å². The van der Waals surface area contributed by atoms with Crippen molar-refractivity contribution in [3.8, 4) is 28.3 Å². The van der Waals surface area contributed by atoms with Crippen molar-refractivity contribution < 1.29 is 9.53 Å². The Morgan fingerprint density at radius 3 is 2.32 bits per heavy atom. The van der Waals surface area contributed by atoms with Crippen molar-refractivity contribution >= 4 is 5.91 Å². The van der Waals surface area contributed by atoms with Gasteiger partial charge in [-0.05, 0) is 71.3 Å². The summed E-state index contributed by atoms with van der Waals surface area (Å²) in [6.45, 7) is 2.04. The smallest absolute Gasteiger partial charge is 0.253 e. The average Bonchev–Trinajstić information content (AvgIpc) is 3.54. The van der Waals surface area contributed by atoms with E-state index in [1.54, 1.807) is 7.11 Å². The number of amides is 1. The first-order valence-corrected chi connectivity index (χ1v) is 11.8. The molecule has 2 fully saturated rings. The molecule has 0 aromatic heterocycles. The Hall–Kier alpha value is -3.46. The third-order valence-electron chi connectivity index (χ3n) is 7.19. The van der Waals surface area contributed by atoms with Crippen LogP contribution < -0.4 is 5.73 Å². The van der Waals surface area contributed by atoms with Crippen LogP contribution in [0.25, 0.3) is 22.3 Å². The van der Waals surface area contributed by atoms with Crippen molar-refractivity contribution in [2.24, 2.45) is 5.73 Å². The van der Waals surface area contributed by atoms with Crippen LogP contribution in [-0.2, 0) is 10.2 Å². The van der Waals surface area contributed by atoms with Crippen molar-refractivity contribution in [1.29, 1.82) is 5.26 Å². The third kappa shape index (κ3) is 4.23. The summed E-state index contributed by atoms with van der Waals surface area (Å²) in [4.78, 5) is 15.0. The molecule has 1 saturated heterocycles. The summed E-state index contributed by atoms with van der Waals surface area (Å²) in [7, 11) is 1.76. The number of likely N-dealkylation sites (tertiary alicyclic amines) is 1. The first kappa shape index (κ1) is 22.3. The zero-order valence-electron chi connectivity index (χ0n) is 19.5. The van der Waals surface area contributed by atoms with Crippen LogP contribution in [0.3, 0.4) is 0 Å². The van der Waals surface area contributed by atoms with Crippen LogP contribution in [0, 0.1) is 11.3 Å². The summed E-state index contributed by atoms with van der Waals surface area (Å²) in [5.74, 6) is 0.0139. The Morgan fingerprint density at radius 1 is 1.06 bits per heavy atom. The second-order valence-electron chi connectivity index (χ2n) is 9.54. The van der Waals surface area contributed by atoms with Gasteiger partial charge in [0.1, 0.15) is 0 Å². The summed E-state index contributed by atoms with van der Waals surface area (Å²) < 4.78 is 5.45. The number of nitrogens with two attached hydrogens (primary N) is 1. The molecular weight excluding hydrogens is 422 g/mol. The molecule has 3 aromatic carbocycles. The number of ether oxygens (including phenoxy) is 1. The molecule has 3 aromatic rings. The lowest BCUT2D eigenvalue weighted by Crippen LogP contribution is -2.31. The van der Waals surface area contributed by atoms with Crippen molar-refractivity contribution in [3.05, 3.63) is 83.4 Å². The van der Waals surface area contributed by atoms with Gasteiger partial charge in [0.05, 0.1) is 18.2 Å². The van der Waals surface area contributed by atoms with Gasteiger partial charge >= 0.3 is 0 Å². The van der Waals surface area contributed by atoms with Gasteiger partial charge in [-0.25, -0.2) is 0 Å². The molecule has 1 amide bonds. The number of rotatable bonds is 6. The Kier molecular flexibility index (Phi) is 5.95. The number of carbonyl (C=O) groups excluding carboxylic acids is 1. The minimum Gasteiger partial charge on any atom is -0.384 e. The van der Waals surface area contributed by atoms with E-state index in [2.05, 4.69) is 30.3 Å². The van der Waals surface area contributed by atoms with Crippen molar-refractivity contribution in [2.75, 3.05) is 26.8 Å². The predicted molar refractivity (Wildman–Crippen MR) is 133 cm³/mol. The molecular formula is C29H29N3O2. The molecule has 0 unspecified atom stereocenters. The average molecular weight is 452 g/mol. The number of benzene rings is 3. The molecule has 2 N–H and O–H groups in total. The van der Waals surface area contributed by atoms with Crippen molar-refractivity contribution in [2.45, 2.75) is 30.7 Å². The highest BCUT2D eigenvalue weighted by molar-refractivity contribution is 5.98. The lowest BCUT2D eigenvalue weighted by Gasteiger charge is -2.19. The van der Waals surface area contributed by atoms with Gasteiger partial charge in [-0.1, -0.05) is 42.5 Å². The van der Waals surface area contributed by atoms with E-state index < -0.39 is 0 Å². The van der Waals surface area contributed by atoms with Crippen LogP contribution in [-0.4, -0.2) is 43.7 Å². The van der Waals surface area contributed by atoms with E-state index in [4.69, 9.17) is 10.5 Å². The minimum atomic E-state index is 0.0139. The molecule has 172 valence electrons.